The molecule has 0 radical (unpaired) electrons. The zero-order chi connectivity index (χ0) is 9.73. The first-order valence-electron chi connectivity index (χ1n) is 4.70. The molecular weight excluding hydrogens is 162 g/mol. The van der Waals surface area contributed by atoms with Gasteiger partial charge in [0.15, 0.2) is 0 Å². The Morgan fingerprint density at radius 3 is 2.85 bits per heavy atom. The van der Waals surface area contributed by atoms with Gasteiger partial charge in [-0.3, -0.25) is 0 Å². The predicted molar refractivity (Wildman–Crippen MR) is 55.4 cm³/mol. The molecule has 0 bridgehead atoms. The summed E-state index contributed by atoms with van der Waals surface area (Å²) in [6.45, 7) is 5.94. The van der Waals surface area contributed by atoms with E-state index < -0.39 is 0 Å². The highest BCUT2D eigenvalue weighted by Crippen LogP contribution is 2.01. The topological polar surface area (TPSA) is 53.8 Å². The molecule has 74 valence electrons. The van der Waals surface area contributed by atoms with Crippen molar-refractivity contribution in [3.05, 3.63) is 24.0 Å². The number of H-pyrrole nitrogens is 1. The van der Waals surface area contributed by atoms with Crippen molar-refractivity contribution in [2.24, 2.45) is 5.73 Å². The fourth-order valence-corrected chi connectivity index (χ4v) is 1.11. The summed E-state index contributed by atoms with van der Waals surface area (Å²) in [6.07, 6.45) is 2.93. The van der Waals surface area contributed by atoms with Crippen molar-refractivity contribution in [3.63, 3.8) is 0 Å². The molecule has 3 heteroatoms. The number of nitrogens with one attached hydrogen (secondary N) is 2. The van der Waals surface area contributed by atoms with E-state index in [0.717, 1.165) is 19.5 Å². The Balaban J connectivity index is 2.09. The van der Waals surface area contributed by atoms with E-state index in [1.807, 2.05) is 26.1 Å². The lowest BCUT2D eigenvalue weighted by atomic mass is 10.0. The van der Waals surface area contributed by atoms with Crippen LogP contribution in [0.4, 0.5) is 0 Å². The number of hydrogen-bond donors (Lipinski definition) is 3. The van der Waals surface area contributed by atoms with Gasteiger partial charge in [-0.25, -0.2) is 0 Å². The number of rotatable bonds is 5. The van der Waals surface area contributed by atoms with Crippen molar-refractivity contribution >= 4 is 0 Å². The lowest BCUT2D eigenvalue weighted by Crippen LogP contribution is -2.35. The molecule has 0 aromatic carbocycles. The third-order valence-electron chi connectivity index (χ3n) is 1.92. The zero-order valence-electron chi connectivity index (χ0n) is 8.43. The van der Waals surface area contributed by atoms with Gasteiger partial charge < -0.3 is 16.0 Å². The molecule has 0 aliphatic carbocycles. The van der Waals surface area contributed by atoms with Gasteiger partial charge >= 0.3 is 0 Å². The molecule has 1 rings (SSSR count). The minimum atomic E-state index is -0.0667. The molecule has 1 heterocycles. The maximum atomic E-state index is 5.85. The highest BCUT2D eigenvalue weighted by Gasteiger charge is 2.08. The van der Waals surface area contributed by atoms with Crippen LogP contribution in [-0.2, 0) is 6.54 Å². The molecule has 13 heavy (non-hydrogen) atoms. The maximum Gasteiger partial charge on any atom is 0.0357 e. The third kappa shape index (κ3) is 4.70. The van der Waals surface area contributed by atoms with E-state index in [9.17, 15) is 0 Å². The van der Waals surface area contributed by atoms with Gasteiger partial charge in [0.1, 0.15) is 0 Å². The average molecular weight is 181 g/mol. The van der Waals surface area contributed by atoms with E-state index in [-0.39, 0.29) is 5.54 Å². The quantitative estimate of drug-likeness (QED) is 0.598. The number of hydrogen-bond acceptors (Lipinski definition) is 2. The van der Waals surface area contributed by atoms with Crippen LogP contribution in [0.5, 0.6) is 0 Å². The van der Waals surface area contributed by atoms with Gasteiger partial charge in [0, 0.05) is 24.0 Å². The van der Waals surface area contributed by atoms with Crippen molar-refractivity contribution < 1.29 is 0 Å². The first kappa shape index (κ1) is 10.3. The largest absolute Gasteiger partial charge is 0.364 e. The second-order valence-electron chi connectivity index (χ2n) is 4.11. The van der Waals surface area contributed by atoms with Gasteiger partial charge in [-0.15, -0.1) is 0 Å². The summed E-state index contributed by atoms with van der Waals surface area (Å²) in [5, 5.41) is 3.33. The van der Waals surface area contributed by atoms with Crippen LogP contribution in [-0.4, -0.2) is 17.1 Å². The van der Waals surface area contributed by atoms with E-state index in [1.165, 1.54) is 5.69 Å². The van der Waals surface area contributed by atoms with E-state index in [0.29, 0.717) is 0 Å². The molecule has 0 aliphatic rings. The summed E-state index contributed by atoms with van der Waals surface area (Å²) >= 11 is 0. The molecule has 0 saturated carbocycles. The van der Waals surface area contributed by atoms with Crippen LogP contribution in [0.25, 0.3) is 0 Å². The lowest BCUT2D eigenvalue weighted by Gasteiger charge is -2.18. The molecule has 4 N–H and O–H groups in total. The Hall–Kier alpha value is -0.800. The molecule has 0 atom stereocenters. The van der Waals surface area contributed by atoms with Crippen LogP contribution in [0.15, 0.2) is 18.3 Å². The highest BCUT2D eigenvalue weighted by atomic mass is 14.9. The van der Waals surface area contributed by atoms with Gasteiger partial charge in [-0.2, -0.15) is 0 Å². The first-order chi connectivity index (χ1) is 6.08. The second kappa shape index (κ2) is 4.44. The molecule has 0 aliphatic heterocycles. The maximum absolute atomic E-state index is 5.85. The van der Waals surface area contributed by atoms with Crippen LogP contribution in [0, 0.1) is 0 Å². The van der Waals surface area contributed by atoms with Gasteiger partial charge in [-0.1, -0.05) is 0 Å². The van der Waals surface area contributed by atoms with E-state index in [1.54, 1.807) is 0 Å². The summed E-state index contributed by atoms with van der Waals surface area (Å²) in [5.74, 6) is 0. The molecular formula is C10H19N3. The average Bonchev–Trinajstić information content (AvgIpc) is 2.48. The molecule has 1 aromatic rings. The van der Waals surface area contributed by atoms with Crippen LogP contribution >= 0.6 is 0 Å². The summed E-state index contributed by atoms with van der Waals surface area (Å²) in [5.41, 5.74) is 7.00. The molecule has 3 nitrogen and oxygen atoms in total. The predicted octanol–water partition coefficient (Wildman–Crippen LogP) is 1.23. The van der Waals surface area contributed by atoms with Crippen LogP contribution < -0.4 is 11.1 Å². The normalized spacial score (nSPS) is 11.9. The zero-order valence-corrected chi connectivity index (χ0v) is 8.43. The summed E-state index contributed by atoms with van der Waals surface area (Å²) in [7, 11) is 0. The van der Waals surface area contributed by atoms with E-state index in [2.05, 4.69) is 16.4 Å². The molecule has 0 spiro atoms. The third-order valence-corrected chi connectivity index (χ3v) is 1.92. The number of aromatic nitrogens is 1. The van der Waals surface area contributed by atoms with Gasteiger partial charge in [-0.05, 0) is 38.9 Å². The Labute approximate surface area is 79.7 Å². The molecule has 0 amide bonds. The summed E-state index contributed by atoms with van der Waals surface area (Å²) < 4.78 is 0. The minimum Gasteiger partial charge on any atom is -0.364 e. The summed E-state index contributed by atoms with van der Waals surface area (Å²) in [6, 6.07) is 4.07. The van der Waals surface area contributed by atoms with Crippen molar-refractivity contribution in [2.75, 3.05) is 6.54 Å². The van der Waals surface area contributed by atoms with Gasteiger partial charge in [0.25, 0.3) is 0 Å². The molecule has 0 unspecified atom stereocenters. The lowest BCUT2D eigenvalue weighted by molar-refractivity contribution is 0.454. The van der Waals surface area contributed by atoms with Crippen molar-refractivity contribution in [2.45, 2.75) is 32.4 Å². The van der Waals surface area contributed by atoms with Crippen LogP contribution in [0.1, 0.15) is 26.0 Å². The fraction of sp³-hybridized carbons (Fsp3) is 0.600. The monoisotopic (exact) mass is 181 g/mol. The number of aromatic amines is 1. The SMILES string of the molecule is CC(C)(N)CCNCc1ccc[nH]1. The molecule has 1 aromatic heterocycles. The fourth-order valence-electron chi connectivity index (χ4n) is 1.11. The van der Waals surface area contributed by atoms with Crippen molar-refractivity contribution in [3.8, 4) is 0 Å². The summed E-state index contributed by atoms with van der Waals surface area (Å²) in [4.78, 5) is 3.14. The minimum absolute atomic E-state index is 0.0667. The Kier molecular flexibility index (Phi) is 3.51. The van der Waals surface area contributed by atoms with E-state index in [4.69, 9.17) is 5.73 Å². The number of nitrogens with two attached hydrogens (primary N) is 1. The van der Waals surface area contributed by atoms with Crippen molar-refractivity contribution in [1.82, 2.24) is 10.3 Å². The second-order valence-corrected chi connectivity index (χ2v) is 4.11. The first-order valence-corrected chi connectivity index (χ1v) is 4.70. The molecule has 0 fully saturated rings. The van der Waals surface area contributed by atoms with Crippen LogP contribution in [0.2, 0.25) is 0 Å². The smallest absolute Gasteiger partial charge is 0.0357 e. The molecule has 0 saturated heterocycles. The Morgan fingerprint density at radius 2 is 2.31 bits per heavy atom. The van der Waals surface area contributed by atoms with Gasteiger partial charge in [0.2, 0.25) is 0 Å². The Bertz CT molecular complexity index is 221. The van der Waals surface area contributed by atoms with Gasteiger partial charge in [0.05, 0.1) is 0 Å². The highest BCUT2D eigenvalue weighted by molar-refractivity contribution is 5.02. The van der Waals surface area contributed by atoms with E-state index >= 15 is 0 Å². The van der Waals surface area contributed by atoms with Crippen LogP contribution in [0.3, 0.4) is 0 Å². The van der Waals surface area contributed by atoms with Crippen molar-refractivity contribution in [1.29, 1.82) is 0 Å². The standard InChI is InChI=1S/C10H19N3/c1-10(2,11)5-7-12-8-9-4-3-6-13-9/h3-4,6,12-13H,5,7-8,11H2,1-2H3. The Morgan fingerprint density at radius 1 is 1.54 bits per heavy atom.